The van der Waals surface area contributed by atoms with Crippen molar-refractivity contribution in [2.75, 3.05) is 11.4 Å². The lowest BCUT2D eigenvalue weighted by atomic mass is 9.77. The average molecular weight is 434 g/mol. The van der Waals surface area contributed by atoms with Gasteiger partial charge in [-0.05, 0) is 24.6 Å². The molecule has 1 aromatic carbocycles. The Balaban J connectivity index is 1.36. The largest absolute Gasteiger partial charge is 0.360 e. The highest BCUT2D eigenvalue weighted by Gasteiger charge is 2.67. The molecule has 4 atom stereocenters. The maximum atomic E-state index is 13.2. The maximum absolute atomic E-state index is 13.2. The lowest BCUT2D eigenvalue weighted by Crippen LogP contribution is -2.44. The fourth-order valence-electron chi connectivity index (χ4n) is 4.44. The number of rotatable bonds is 4. The Morgan fingerprint density at radius 1 is 1.38 bits per heavy atom. The number of carbonyl (C=O) groups is 2. The van der Waals surface area contributed by atoms with E-state index < -0.39 is 23.5 Å². The van der Waals surface area contributed by atoms with Gasteiger partial charge < -0.3 is 14.6 Å². The number of nitrogens with zero attached hydrogens (tertiary/aromatic N) is 2. The van der Waals surface area contributed by atoms with Gasteiger partial charge in [-0.1, -0.05) is 46.6 Å². The molecule has 2 saturated heterocycles. The van der Waals surface area contributed by atoms with Gasteiger partial charge in [0.2, 0.25) is 11.8 Å². The van der Waals surface area contributed by atoms with Gasteiger partial charge in [0, 0.05) is 22.7 Å². The molecule has 2 fully saturated rings. The standard InChI is InChI=1S/C20H17Cl2N3O4/c1-10-6-15(24-29-10)25-9-20-5-4-14(28-20)16(17(20)19(25)27)18(26)23-8-11-2-3-12(21)7-13(11)22/h2-7,14,16-17H,8-9H2,1H3,(H,23,26)/t14-,16-,17+,20-/m0/s1. The number of fused-ring (bicyclic) bond motifs is 1. The van der Waals surface area contributed by atoms with E-state index in [0.29, 0.717) is 28.2 Å². The van der Waals surface area contributed by atoms with Crippen molar-refractivity contribution in [1.29, 1.82) is 0 Å². The SMILES string of the molecule is Cc1cc(N2C[C@]34C=C[C@H](O3)[C@H](C(=O)NCc3ccc(Cl)cc3Cl)[C@@H]4C2=O)no1. The van der Waals surface area contributed by atoms with E-state index >= 15 is 0 Å². The molecule has 3 aliphatic heterocycles. The molecule has 0 radical (unpaired) electrons. The van der Waals surface area contributed by atoms with Crippen LogP contribution < -0.4 is 10.2 Å². The summed E-state index contributed by atoms with van der Waals surface area (Å²) in [5.41, 5.74) is -0.0645. The van der Waals surface area contributed by atoms with Crippen LogP contribution in [0.15, 0.2) is 40.9 Å². The second-order valence-electron chi connectivity index (χ2n) is 7.57. The number of nitrogens with one attached hydrogen (secondary N) is 1. The first-order valence-electron chi connectivity index (χ1n) is 9.21. The van der Waals surface area contributed by atoms with Crippen molar-refractivity contribution in [2.45, 2.75) is 25.2 Å². The summed E-state index contributed by atoms with van der Waals surface area (Å²) >= 11 is 12.1. The summed E-state index contributed by atoms with van der Waals surface area (Å²) in [4.78, 5) is 27.7. The summed E-state index contributed by atoms with van der Waals surface area (Å²) in [5.74, 6) is -0.605. The lowest BCUT2D eigenvalue weighted by Gasteiger charge is -2.23. The van der Waals surface area contributed by atoms with Crippen molar-refractivity contribution in [3.05, 3.63) is 57.8 Å². The summed E-state index contributed by atoms with van der Waals surface area (Å²) in [6, 6.07) is 6.80. The van der Waals surface area contributed by atoms with E-state index in [9.17, 15) is 9.59 Å². The Kier molecular flexibility index (Phi) is 4.24. The summed E-state index contributed by atoms with van der Waals surface area (Å²) in [7, 11) is 0. The normalized spacial score (nSPS) is 29.6. The van der Waals surface area contributed by atoms with Crippen molar-refractivity contribution >= 4 is 40.8 Å². The minimum absolute atomic E-state index is 0.185. The van der Waals surface area contributed by atoms with Gasteiger partial charge in [-0.25, -0.2) is 0 Å². The lowest BCUT2D eigenvalue weighted by molar-refractivity contribution is -0.132. The molecule has 150 valence electrons. The first-order chi connectivity index (χ1) is 13.9. The molecule has 1 aromatic heterocycles. The average Bonchev–Trinajstić information content (AvgIpc) is 3.42. The van der Waals surface area contributed by atoms with E-state index in [1.807, 2.05) is 12.2 Å². The number of benzene rings is 1. The Hall–Kier alpha value is -2.35. The summed E-state index contributed by atoms with van der Waals surface area (Å²) in [6.07, 6.45) is 3.33. The highest BCUT2D eigenvalue weighted by molar-refractivity contribution is 6.35. The summed E-state index contributed by atoms with van der Waals surface area (Å²) in [6.45, 7) is 2.31. The smallest absolute Gasteiger partial charge is 0.235 e. The van der Waals surface area contributed by atoms with Crippen LogP contribution in [0.2, 0.25) is 10.0 Å². The third-order valence-corrected chi connectivity index (χ3v) is 6.35. The van der Waals surface area contributed by atoms with Crippen LogP contribution in [-0.2, 0) is 20.9 Å². The molecule has 1 N–H and O–H groups in total. The molecular formula is C20H17Cl2N3O4. The number of ether oxygens (including phenoxy) is 1. The third kappa shape index (κ3) is 2.87. The molecule has 2 aromatic rings. The topological polar surface area (TPSA) is 84.7 Å². The van der Waals surface area contributed by atoms with Crippen LogP contribution in [0.25, 0.3) is 0 Å². The molecule has 1 spiro atoms. The Morgan fingerprint density at radius 3 is 2.93 bits per heavy atom. The number of aryl methyl sites for hydroxylation is 1. The van der Waals surface area contributed by atoms with Gasteiger partial charge in [-0.3, -0.25) is 14.5 Å². The van der Waals surface area contributed by atoms with Crippen LogP contribution in [0.4, 0.5) is 5.82 Å². The summed E-state index contributed by atoms with van der Waals surface area (Å²) in [5, 5.41) is 7.83. The van der Waals surface area contributed by atoms with Crippen LogP contribution in [0.5, 0.6) is 0 Å². The first kappa shape index (κ1) is 18.7. The zero-order valence-corrected chi connectivity index (χ0v) is 16.9. The second-order valence-corrected chi connectivity index (χ2v) is 8.42. The van der Waals surface area contributed by atoms with Crippen molar-refractivity contribution in [2.24, 2.45) is 11.8 Å². The fraction of sp³-hybridized carbons (Fsp3) is 0.350. The Bertz CT molecular complexity index is 1050. The van der Waals surface area contributed by atoms with Gasteiger partial charge in [0.1, 0.15) is 11.4 Å². The predicted octanol–water partition coefficient (Wildman–Crippen LogP) is 2.89. The second kappa shape index (κ2) is 6.58. The Morgan fingerprint density at radius 2 is 2.21 bits per heavy atom. The van der Waals surface area contributed by atoms with Gasteiger partial charge >= 0.3 is 0 Å². The molecule has 29 heavy (non-hydrogen) atoms. The van der Waals surface area contributed by atoms with E-state index in [-0.39, 0.29) is 18.4 Å². The third-order valence-electron chi connectivity index (χ3n) is 5.76. The van der Waals surface area contributed by atoms with Crippen LogP contribution in [0, 0.1) is 18.8 Å². The molecule has 5 rings (SSSR count). The van der Waals surface area contributed by atoms with Crippen molar-refractivity contribution < 1.29 is 18.8 Å². The molecule has 2 amide bonds. The zero-order chi connectivity index (χ0) is 20.3. The van der Waals surface area contributed by atoms with Crippen LogP contribution in [0.1, 0.15) is 11.3 Å². The zero-order valence-electron chi connectivity index (χ0n) is 15.4. The van der Waals surface area contributed by atoms with E-state index in [2.05, 4.69) is 10.5 Å². The van der Waals surface area contributed by atoms with Crippen molar-refractivity contribution in [1.82, 2.24) is 10.5 Å². The molecule has 3 aliphatic rings. The minimum Gasteiger partial charge on any atom is -0.360 e. The predicted molar refractivity (Wildman–Crippen MR) is 106 cm³/mol. The van der Waals surface area contributed by atoms with Gasteiger partial charge in [-0.15, -0.1) is 0 Å². The number of hydrogen-bond donors (Lipinski definition) is 1. The van der Waals surface area contributed by atoms with Crippen LogP contribution in [-0.4, -0.2) is 35.2 Å². The molecule has 4 heterocycles. The van der Waals surface area contributed by atoms with E-state index in [0.717, 1.165) is 5.56 Å². The van der Waals surface area contributed by atoms with Crippen molar-refractivity contribution in [3.63, 3.8) is 0 Å². The molecule has 9 heteroatoms. The monoisotopic (exact) mass is 433 g/mol. The molecule has 0 unspecified atom stereocenters. The van der Waals surface area contributed by atoms with Gasteiger partial charge in [0.25, 0.3) is 0 Å². The number of amides is 2. The molecular weight excluding hydrogens is 417 g/mol. The van der Waals surface area contributed by atoms with E-state index in [4.69, 9.17) is 32.5 Å². The fourth-order valence-corrected chi connectivity index (χ4v) is 4.91. The molecule has 0 saturated carbocycles. The number of aromatic nitrogens is 1. The van der Waals surface area contributed by atoms with Gasteiger partial charge in [0.05, 0.1) is 24.5 Å². The van der Waals surface area contributed by atoms with E-state index in [1.165, 1.54) is 4.90 Å². The highest BCUT2D eigenvalue weighted by atomic mass is 35.5. The minimum atomic E-state index is -0.811. The van der Waals surface area contributed by atoms with Gasteiger partial charge in [0.15, 0.2) is 5.82 Å². The number of halogens is 2. The van der Waals surface area contributed by atoms with Gasteiger partial charge in [-0.2, -0.15) is 0 Å². The number of carbonyl (C=O) groups excluding carboxylic acids is 2. The molecule has 7 nitrogen and oxygen atoms in total. The number of anilines is 1. The number of hydrogen-bond acceptors (Lipinski definition) is 5. The quantitative estimate of drug-likeness (QED) is 0.749. The van der Waals surface area contributed by atoms with Crippen molar-refractivity contribution in [3.8, 4) is 0 Å². The summed E-state index contributed by atoms with van der Waals surface area (Å²) < 4.78 is 11.2. The highest BCUT2D eigenvalue weighted by Crippen LogP contribution is 2.52. The molecule has 2 bridgehead atoms. The van der Waals surface area contributed by atoms with Crippen LogP contribution >= 0.6 is 23.2 Å². The van der Waals surface area contributed by atoms with Crippen LogP contribution in [0.3, 0.4) is 0 Å². The Labute approximate surface area is 176 Å². The molecule has 0 aliphatic carbocycles. The maximum Gasteiger partial charge on any atom is 0.235 e. The first-order valence-corrected chi connectivity index (χ1v) is 9.97. The van der Waals surface area contributed by atoms with E-state index in [1.54, 1.807) is 31.2 Å².